The van der Waals surface area contributed by atoms with Gasteiger partial charge in [-0.3, -0.25) is 9.59 Å². The number of primary amides is 1. The molecule has 2 atom stereocenters. The van der Waals surface area contributed by atoms with Gasteiger partial charge in [0.25, 0.3) is 0 Å². The molecule has 7 heteroatoms. The summed E-state index contributed by atoms with van der Waals surface area (Å²) in [6, 6.07) is -2.13. The Bertz CT molecular complexity index is 290. The number of hydrogen-bond donors (Lipinski definition) is 4. The lowest BCUT2D eigenvalue weighted by molar-refractivity contribution is -0.143. The van der Waals surface area contributed by atoms with Crippen molar-refractivity contribution in [3.8, 4) is 0 Å². The lowest BCUT2D eigenvalue weighted by Crippen LogP contribution is -2.51. The Morgan fingerprint density at radius 3 is 2.12 bits per heavy atom. The van der Waals surface area contributed by atoms with E-state index < -0.39 is 36.3 Å². The summed E-state index contributed by atoms with van der Waals surface area (Å²) in [6.07, 6.45) is -0.452. The lowest BCUT2D eigenvalue weighted by atomic mass is 10.0. The van der Waals surface area contributed by atoms with E-state index in [2.05, 4.69) is 5.32 Å². The van der Waals surface area contributed by atoms with Crippen molar-refractivity contribution < 1.29 is 19.5 Å². The molecule has 0 bridgehead atoms. The molecule has 0 saturated heterocycles. The van der Waals surface area contributed by atoms with Crippen LogP contribution in [0.4, 0.5) is 0 Å². The zero-order valence-corrected chi connectivity index (χ0v) is 9.27. The molecule has 0 aliphatic rings. The van der Waals surface area contributed by atoms with Crippen LogP contribution in [0, 0.1) is 5.92 Å². The molecule has 2 amide bonds. The van der Waals surface area contributed by atoms with Crippen molar-refractivity contribution in [3.63, 3.8) is 0 Å². The molecule has 0 heterocycles. The van der Waals surface area contributed by atoms with Crippen LogP contribution in [0.25, 0.3) is 0 Å². The molecule has 0 fully saturated rings. The van der Waals surface area contributed by atoms with Crippen molar-refractivity contribution in [1.82, 2.24) is 5.32 Å². The number of carbonyl (C=O) groups is 3. The minimum absolute atomic E-state index is 0.122. The quantitative estimate of drug-likeness (QED) is 0.437. The molecule has 2 unspecified atom stereocenters. The molecule has 6 N–H and O–H groups in total. The fraction of sp³-hybridized carbons (Fsp3) is 0.667. The molecule has 0 aliphatic carbocycles. The number of nitrogens with one attached hydrogen (secondary N) is 1. The highest BCUT2D eigenvalue weighted by Crippen LogP contribution is 2.00. The van der Waals surface area contributed by atoms with Gasteiger partial charge >= 0.3 is 5.97 Å². The third-order valence-electron chi connectivity index (χ3n) is 2.04. The summed E-state index contributed by atoms with van der Waals surface area (Å²) in [6.45, 7) is 3.46. The number of nitrogens with two attached hydrogens (primary N) is 2. The maximum absolute atomic E-state index is 11.4. The Balaban J connectivity index is 4.46. The molecule has 16 heavy (non-hydrogen) atoms. The van der Waals surface area contributed by atoms with Crippen molar-refractivity contribution in [2.24, 2.45) is 17.4 Å². The molecule has 7 nitrogen and oxygen atoms in total. The highest BCUT2D eigenvalue weighted by Gasteiger charge is 2.25. The van der Waals surface area contributed by atoms with Crippen molar-refractivity contribution >= 4 is 17.8 Å². The maximum atomic E-state index is 11.4. The van der Waals surface area contributed by atoms with Crippen LogP contribution in [0.5, 0.6) is 0 Å². The second-order valence-electron chi connectivity index (χ2n) is 3.84. The third-order valence-corrected chi connectivity index (χ3v) is 2.04. The molecule has 0 aliphatic heterocycles. The Kier molecular flexibility index (Phi) is 5.44. The van der Waals surface area contributed by atoms with Crippen LogP contribution in [-0.2, 0) is 14.4 Å². The summed E-state index contributed by atoms with van der Waals surface area (Å²) in [5.41, 5.74) is 10.4. The highest BCUT2D eigenvalue weighted by atomic mass is 16.4. The minimum Gasteiger partial charge on any atom is -0.480 e. The summed E-state index contributed by atoms with van der Waals surface area (Å²) in [7, 11) is 0. The number of carboxylic acids is 1. The van der Waals surface area contributed by atoms with Gasteiger partial charge in [-0.1, -0.05) is 13.8 Å². The van der Waals surface area contributed by atoms with Crippen LogP contribution < -0.4 is 16.8 Å². The summed E-state index contributed by atoms with van der Waals surface area (Å²) in [5.74, 6) is -2.85. The van der Waals surface area contributed by atoms with Gasteiger partial charge in [-0.25, -0.2) is 4.79 Å². The molecule has 0 aromatic carbocycles. The maximum Gasteiger partial charge on any atom is 0.326 e. The Labute approximate surface area is 93.2 Å². The van der Waals surface area contributed by atoms with E-state index in [9.17, 15) is 14.4 Å². The first-order valence-corrected chi connectivity index (χ1v) is 4.82. The van der Waals surface area contributed by atoms with Crippen LogP contribution in [0.15, 0.2) is 0 Å². The van der Waals surface area contributed by atoms with E-state index in [1.54, 1.807) is 13.8 Å². The van der Waals surface area contributed by atoms with E-state index in [-0.39, 0.29) is 5.92 Å². The Morgan fingerprint density at radius 1 is 1.31 bits per heavy atom. The number of amides is 2. The number of rotatable bonds is 6. The van der Waals surface area contributed by atoms with Gasteiger partial charge in [0, 0.05) is 0 Å². The predicted molar refractivity (Wildman–Crippen MR) is 56.2 cm³/mol. The van der Waals surface area contributed by atoms with Gasteiger partial charge in [0.05, 0.1) is 12.5 Å². The molecule has 0 aromatic heterocycles. The summed E-state index contributed by atoms with van der Waals surface area (Å²) in [4.78, 5) is 32.7. The molecular formula is C9H17N3O4. The van der Waals surface area contributed by atoms with Gasteiger partial charge in [0.2, 0.25) is 11.8 Å². The molecular weight excluding hydrogens is 214 g/mol. The normalized spacial score (nSPS) is 14.2. The van der Waals surface area contributed by atoms with E-state index in [1.807, 2.05) is 0 Å². The van der Waals surface area contributed by atoms with E-state index in [1.165, 1.54) is 0 Å². The monoisotopic (exact) mass is 231 g/mol. The van der Waals surface area contributed by atoms with Crippen molar-refractivity contribution in [3.05, 3.63) is 0 Å². The van der Waals surface area contributed by atoms with Crippen LogP contribution >= 0.6 is 0 Å². The molecule has 0 spiro atoms. The molecule has 92 valence electrons. The van der Waals surface area contributed by atoms with Gasteiger partial charge in [-0.05, 0) is 5.92 Å². The number of carbonyl (C=O) groups excluding carboxylic acids is 2. The van der Waals surface area contributed by atoms with Crippen LogP contribution in [0.2, 0.25) is 0 Å². The van der Waals surface area contributed by atoms with Gasteiger partial charge in [-0.15, -0.1) is 0 Å². The van der Waals surface area contributed by atoms with Gasteiger partial charge in [-0.2, -0.15) is 0 Å². The number of carboxylic acid groups (broad SMARTS) is 1. The number of aliphatic carboxylic acids is 1. The second kappa shape index (κ2) is 6.06. The molecule has 0 saturated carbocycles. The smallest absolute Gasteiger partial charge is 0.326 e. The molecule has 0 radical (unpaired) electrons. The van der Waals surface area contributed by atoms with E-state index in [4.69, 9.17) is 16.6 Å². The number of hydrogen-bond acceptors (Lipinski definition) is 4. The fourth-order valence-electron chi connectivity index (χ4n) is 0.972. The van der Waals surface area contributed by atoms with Crippen molar-refractivity contribution in [2.75, 3.05) is 0 Å². The molecule has 0 aromatic rings. The summed E-state index contributed by atoms with van der Waals surface area (Å²) in [5, 5.41) is 10.9. The fourth-order valence-corrected chi connectivity index (χ4v) is 0.972. The Morgan fingerprint density at radius 2 is 1.81 bits per heavy atom. The van der Waals surface area contributed by atoms with Gasteiger partial charge in [0.1, 0.15) is 6.04 Å². The van der Waals surface area contributed by atoms with Crippen molar-refractivity contribution in [2.45, 2.75) is 32.4 Å². The highest BCUT2D eigenvalue weighted by molar-refractivity contribution is 5.90. The average Bonchev–Trinajstić information content (AvgIpc) is 2.14. The van der Waals surface area contributed by atoms with E-state index in [0.29, 0.717) is 0 Å². The van der Waals surface area contributed by atoms with Crippen LogP contribution in [0.1, 0.15) is 20.3 Å². The van der Waals surface area contributed by atoms with Crippen LogP contribution in [0.3, 0.4) is 0 Å². The predicted octanol–water partition coefficient (Wildman–Crippen LogP) is -1.59. The lowest BCUT2D eigenvalue weighted by Gasteiger charge is -2.18. The van der Waals surface area contributed by atoms with Crippen LogP contribution in [-0.4, -0.2) is 35.0 Å². The topological polar surface area (TPSA) is 136 Å². The first-order chi connectivity index (χ1) is 7.25. The standard InChI is InChI=1S/C9H17N3O4/c1-4(2)7(11)8(14)12-5(9(15)16)3-6(10)13/h4-5,7H,3,11H2,1-2H3,(H2,10,13)(H,12,14)(H,15,16). The zero-order chi connectivity index (χ0) is 12.9. The van der Waals surface area contributed by atoms with E-state index >= 15 is 0 Å². The second-order valence-corrected chi connectivity index (χ2v) is 3.84. The zero-order valence-electron chi connectivity index (χ0n) is 9.27. The van der Waals surface area contributed by atoms with E-state index in [0.717, 1.165) is 0 Å². The average molecular weight is 231 g/mol. The Hall–Kier alpha value is -1.63. The first kappa shape index (κ1) is 14.4. The van der Waals surface area contributed by atoms with Crippen molar-refractivity contribution in [1.29, 1.82) is 0 Å². The minimum atomic E-state index is -1.32. The first-order valence-electron chi connectivity index (χ1n) is 4.82. The SMILES string of the molecule is CC(C)C(N)C(=O)NC(CC(N)=O)C(=O)O. The summed E-state index contributed by atoms with van der Waals surface area (Å²) >= 11 is 0. The third kappa shape index (κ3) is 4.74. The van der Waals surface area contributed by atoms with Gasteiger partial charge in [0.15, 0.2) is 0 Å². The largest absolute Gasteiger partial charge is 0.480 e. The molecule has 0 rings (SSSR count). The van der Waals surface area contributed by atoms with Gasteiger partial charge < -0.3 is 21.9 Å². The summed E-state index contributed by atoms with van der Waals surface area (Å²) < 4.78 is 0.